The van der Waals surface area contributed by atoms with Crippen LogP contribution in [0.25, 0.3) is 11.1 Å². The van der Waals surface area contributed by atoms with E-state index in [1.807, 2.05) is 64.0 Å². The Morgan fingerprint density at radius 2 is 2.05 bits per heavy atom. The van der Waals surface area contributed by atoms with Gasteiger partial charge in [-0.25, -0.2) is 15.0 Å². The molecule has 4 heterocycles. The van der Waals surface area contributed by atoms with Crippen LogP contribution in [0.1, 0.15) is 26.5 Å². The van der Waals surface area contributed by atoms with Gasteiger partial charge in [0.1, 0.15) is 23.6 Å². The van der Waals surface area contributed by atoms with Gasteiger partial charge in [-0.15, -0.1) is 0 Å². The average Bonchev–Trinajstić information content (AvgIpc) is 2.88. The van der Waals surface area contributed by atoms with Gasteiger partial charge in [0.15, 0.2) is 0 Å². The quantitative estimate of drug-likeness (QED) is 0.279. The molecule has 0 spiro atoms. The number of ether oxygens (including phenoxy) is 2. The molecule has 3 N–H and O–H groups in total. The molecule has 0 saturated carbocycles. The number of carbonyl (C=O) groups excluding carboxylic acids is 1. The lowest BCUT2D eigenvalue weighted by Gasteiger charge is -2.34. The number of aliphatic imine (C=N–C) groups is 1. The van der Waals surface area contributed by atoms with Crippen molar-refractivity contribution in [3.8, 4) is 22.8 Å². The van der Waals surface area contributed by atoms with E-state index in [0.29, 0.717) is 47.8 Å². The smallest absolute Gasteiger partial charge is 0.241 e. The lowest BCUT2D eigenvalue weighted by atomic mass is 9.91. The second kappa shape index (κ2) is 10.3. The monoisotopic (exact) mass is 529 g/mol. The molecule has 39 heavy (non-hydrogen) atoms. The van der Waals surface area contributed by atoms with Crippen molar-refractivity contribution in [2.75, 3.05) is 44.0 Å². The summed E-state index contributed by atoms with van der Waals surface area (Å²) in [6.45, 7) is 6.88. The Bertz CT molecular complexity index is 1480. The first kappa shape index (κ1) is 26.0. The summed E-state index contributed by atoms with van der Waals surface area (Å²) in [5.41, 5.74) is 4.42. The Morgan fingerprint density at radius 1 is 1.23 bits per heavy atom. The van der Waals surface area contributed by atoms with Crippen LogP contribution in [0.15, 0.2) is 46.8 Å². The number of amides is 1. The molecule has 0 bridgehead atoms. The maximum Gasteiger partial charge on any atom is 0.241 e. The van der Waals surface area contributed by atoms with E-state index in [1.54, 1.807) is 17.3 Å². The molecule has 2 aromatic heterocycles. The molecule has 12 heteroatoms. The van der Waals surface area contributed by atoms with Gasteiger partial charge >= 0.3 is 0 Å². The topological polar surface area (TPSA) is 143 Å². The van der Waals surface area contributed by atoms with Crippen LogP contribution in [-0.4, -0.2) is 71.5 Å². The van der Waals surface area contributed by atoms with Gasteiger partial charge < -0.3 is 30.4 Å². The summed E-state index contributed by atoms with van der Waals surface area (Å²) in [6.07, 6.45) is 4.91. The predicted molar refractivity (Wildman–Crippen MR) is 150 cm³/mol. The van der Waals surface area contributed by atoms with Crippen molar-refractivity contribution in [2.45, 2.75) is 26.4 Å². The lowest BCUT2D eigenvalue weighted by Crippen LogP contribution is -2.42. The van der Waals surface area contributed by atoms with Crippen LogP contribution < -0.4 is 25.5 Å². The van der Waals surface area contributed by atoms with Crippen LogP contribution in [0.4, 0.5) is 23.0 Å². The number of aromatic nitrogens is 3. The van der Waals surface area contributed by atoms with E-state index in [2.05, 4.69) is 25.4 Å². The largest absolute Gasteiger partial charge is 0.481 e. The summed E-state index contributed by atoms with van der Waals surface area (Å²) in [5.74, 6) is 6.70. The Morgan fingerprint density at radius 3 is 2.82 bits per heavy atom. The van der Waals surface area contributed by atoms with Crippen molar-refractivity contribution >= 4 is 40.8 Å². The van der Waals surface area contributed by atoms with Gasteiger partial charge in [0.2, 0.25) is 17.7 Å². The van der Waals surface area contributed by atoms with Crippen molar-refractivity contribution in [3.63, 3.8) is 0 Å². The van der Waals surface area contributed by atoms with Crippen LogP contribution in [0.5, 0.6) is 11.6 Å². The van der Waals surface area contributed by atoms with Crippen molar-refractivity contribution in [1.82, 2.24) is 19.9 Å². The highest BCUT2D eigenvalue weighted by atomic mass is 16.5. The number of likely N-dealkylation sites (N-methyl/N-ethyl adjacent to an activating group) is 1. The number of nitrogens with two attached hydrogens (primary N) is 1. The number of hydrazone groups is 1. The number of pyridine rings is 1. The van der Waals surface area contributed by atoms with Crippen LogP contribution in [0, 0.1) is 0 Å². The van der Waals surface area contributed by atoms with Gasteiger partial charge in [-0.3, -0.25) is 9.79 Å². The van der Waals surface area contributed by atoms with Crippen LogP contribution in [0.3, 0.4) is 0 Å². The van der Waals surface area contributed by atoms with E-state index in [4.69, 9.17) is 20.3 Å². The number of anilines is 3. The van der Waals surface area contributed by atoms with Gasteiger partial charge in [-0.2, -0.15) is 5.10 Å². The molecule has 202 valence electrons. The molecule has 1 amide bonds. The van der Waals surface area contributed by atoms with E-state index in [1.165, 1.54) is 6.21 Å². The highest BCUT2D eigenvalue weighted by molar-refractivity contribution is 6.30. The molecule has 0 unspecified atom stereocenters. The molecular weight excluding hydrogens is 498 g/mol. The molecule has 0 atom stereocenters. The molecule has 5 rings (SSSR count). The predicted octanol–water partition coefficient (Wildman–Crippen LogP) is 3.23. The first-order valence-electron chi connectivity index (χ1n) is 12.5. The molecule has 12 nitrogen and oxygen atoms in total. The molecule has 0 saturated heterocycles. The number of nitrogens with zero attached hydrogens (tertiary/aromatic N) is 7. The average molecular weight is 530 g/mol. The Balaban J connectivity index is 1.44. The van der Waals surface area contributed by atoms with E-state index >= 15 is 0 Å². The first-order valence-corrected chi connectivity index (χ1v) is 12.5. The zero-order valence-electron chi connectivity index (χ0n) is 22.6. The fourth-order valence-electron chi connectivity index (χ4n) is 4.56. The fourth-order valence-corrected chi connectivity index (χ4v) is 4.56. The highest BCUT2D eigenvalue weighted by Gasteiger charge is 2.35. The fraction of sp³-hybridized carbons (Fsp3) is 0.333. The maximum atomic E-state index is 12.8. The van der Waals surface area contributed by atoms with Crippen LogP contribution >= 0.6 is 0 Å². The summed E-state index contributed by atoms with van der Waals surface area (Å²) in [5, 5.41) is 6.74. The van der Waals surface area contributed by atoms with Crippen molar-refractivity contribution in [2.24, 2.45) is 15.9 Å². The second-order valence-electron chi connectivity index (χ2n) is 10.1. The Labute approximate surface area is 226 Å². The number of rotatable bonds is 6. The highest BCUT2D eigenvalue weighted by Crippen LogP contribution is 2.45. The molecule has 0 fully saturated rings. The van der Waals surface area contributed by atoms with Crippen LogP contribution in [0.2, 0.25) is 0 Å². The number of hydrogen-bond donors (Lipinski definition) is 2. The second-order valence-corrected chi connectivity index (χ2v) is 10.1. The Hall–Kier alpha value is -4.58. The van der Waals surface area contributed by atoms with E-state index in [-0.39, 0.29) is 12.5 Å². The van der Waals surface area contributed by atoms with Gasteiger partial charge in [-0.05, 0) is 53.1 Å². The number of carbonyl (C=O) groups is 1. The minimum atomic E-state index is -0.727. The van der Waals surface area contributed by atoms with Gasteiger partial charge in [-0.1, -0.05) is 0 Å². The third-order valence-corrected chi connectivity index (χ3v) is 6.23. The minimum Gasteiger partial charge on any atom is -0.481 e. The minimum absolute atomic E-state index is 0.0254. The summed E-state index contributed by atoms with van der Waals surface area (Å²) in [7, 11) is 3.72. The van der Waals surface area contributed by atoms with Gasteiger partial charge in [0.25, 0.3) is 0 Å². The third kappa shape index (κ3) is 5.36. The molecule has 3 aromatic rings. The van der Waals surface area contributed by atoms with Gasteiger partial charge in [0, 0.05) is 23.4 Å². The van der Waals surface area contributed by atoms with Crippen molar-refractivity contribution in [3.05, 3.63) is 42.4 Å². The third-order valence-electron chi connectivity index (χ3n) is 6.23. The molecule has 2 aliphatic heterocycles. The maximum absolute atomic E-state index is 12.8. The lowest BCUT2D eigenvalue weighted by molar-refractivity contribution is -0.119. The normalized spacial score (nSPS) is 15.7. The number of fused-ring (bicyclic) bond motifs is 4. The summed E-state index contributed by atoms with van der Waals surface area (Å²) >= 11 is 0. The molecule has 1 aromatic carbocycles. The van der Waals surface area contributed by atoms with Crippen molar-refractivity contribution < 1.29 is 14.3 Å². The van der Waals surface area contributed by atoms with E-state index in [9.17, 15) is 4.79 Å². The summed E-state index contributed by atoms with van der Waals surface area (Å²) in [4.78, 5) is 34.6. The molecule has 2 aliphatic rings. The van der Waals surface area contributed by atoms with E-state index in [0.717, 1.165) is 22.5 Å². The molecular formula is C27H31N9O3. The van der Waals surface area contributed by atoms with Crippen LogP contribution in [-0.2, 0) is 10.4 Å². The van der Waals surface area contributed by atoms with Gasteiger partial charge in [0.05, 0.1) is 48.3 Å². The SMILES string of the molecule is CC(/C=N\N)=Nc1ccc2c(c1)OC(C)(C)c1nc(Nc3cnc4c(c3)N(C(=O)CN(C)C)CCO4)ncc1-2. The van der Waals surface area contributed by atoms with E-state index < -0.39 is 5.60 Å². The molecule has 0 radical (unpaired) electrons. The standard InChI is InChI=1S/C27H31N9O3/c1-16(12-31-28)32-17-6-7-19-20-14-30-26(34-24(20)27(2,3)39-22(19)11-17)33-18-10-21-25(29-13-18)38-9-8-36(21)23(37)15-35(4)5/h6-7,10-14H,8-9,15,28H2,1-5H3,(H,30,33,34)/b31-12-,32-16?. The molecule has 0 aliphatic carbocycles. The number of benzene rings is 1. The Kier molecular flexibility index (Phi) is 6.87. The zero-order valence-corrected chi connectivity index (χ0v) is 22.6. The first-order chi connectivity index (χ1) is 18.6. The number of nitrogens with one attached hydrogen (secondary N) is 1. The van der Waals surface area contributed by atoms with Crippen molar-refractivity contribution in [1.29, 1.82) is 0 Å². The summed E-state index contributed by atoms with van der Waals surface area (Å²) in [6, 6.07) is 7.55. The zero-order chi connectivity index (χ0) is 27.7. The summed E-state index contributed by atoms with van der Waals surface area (Å²) < 4.78 is 12.0. The number of hydrogen-bond acceptors (Lipinski definition) is 11.